The van der Waals surface area contributed by atoms with Gasteiger partial charge in [0.15, 0.2) is 0 Å². The lowest BCUT2D eigenvalue weighted by molar-refractivity contribution is -0.137. The third kappa shape index (κ3) is 5.63. The van der Waals surface area contributed by atoms with Crippen molar-refractivity contribution < 1.29 is 27.5 Å². The minimum atomic E-state index is -4.60. The molecule has 1 aromatic heterocycles. The standard InChI is InChI=1S/C27H34F3N5O3/c1-17-7-6-8-21-24(17)34(10-12-38-11-9-32(3)4)16-19-14-23(36)35(25(19)26(37)33(21)5)22-15-20(27(28,29)30)13-18(2)31-22/h6-8,13,15,19,25H,9-12,14,16H2,1-5H3/t19-,25+/m1/s1. The van der Waals surface area contributed by atoms with Gasteiger partial charge in [0.1, 0.15) is 11.9 Å². The number of carbonyl (C=O) groups excluding carboxylic acids is 2. The summed E-state index contributed by atoms with van der Waals surface area (Å²) in [6.07, 6.45) is -4.58. The van der Waals surface area contributed by atoms with Gasteiger partial charge in [-0.3, -0.25) is 14.5 Å². The van der Waals surface area contributed by atoms with Crippen LogP contribution in [0.2, 0.25) is 0 Å². The quantitative estimate of drug-likeness (QED) is 0.508. The first-order valence-electron chi connectivity index (χ1n) is 12.6. The zero-order chi connectivity index (χ0) is 27.8. The van der Waals surface area contributed by atoms with Crippen LogP contribution < -0.4 is 14.7 Å². The number of rotatable bonds is 7. The number of fused-ring (bicyclic) bond motifs is 2. The Morgan fingerprint density at radius 2 is 1.87 bits per heavy atom. The van der Waals surface area contributed by atoms with Crippen molar-refractivity contribution >= 4 is 29.0 Å². The first-order valence-corrected chi connectivity index (χ1v) is 12.6. The molecule has 2 aliphatic rings. The average Bonchev–Trinajstić information content (AvgIpc) is 3.15. The van der Waals surface area contributed by atoms with Crippen LogP contribution in [0, 0.1) is 19.8 Å². The topological polar surface area (TPSA) is 69.2 Å². The van der Waals surface area contributed by atoms with Crippen molar-refractivity contribution in [2.45, 2.75) is 32.5 Å². The highest BCUT2D eigenvalue weighted by Crippen LogP contribution is 2.41. The number of aryl methyl sites for hydroxylation is 2. The molecule has 1 saturated heterocycles. The third-order valence-electron chi connectivity index (χ3n) is 7.07. The zero-order valence-corrected chi connectivity index (χ0v) is 22.4. The number of pyridine rings is 1. The lowest BCUT2D eigenvalue weighted by Gasteiger charge is -2.39. The van der Waals surface area contributed by atoms with Crippen LogP contribution in [0.4, 0.5) is 30.4 Å². The number of alkyl halides is 3. The van der Waals surface area contributed by atoms with Crippen molar-refractivity contribution in [3.63, 3.8) is 0 Å². The number of likely N-dealkylation sites (N-methyl/N-ethyl adjacent to an activating group) is 2. The van der Waals surface area contributed by atoms with E-state index in [0.29, 0.717) is 32.0 Å². The number of halogens is 3. The summed E-state index contributed by atoms with van der Waals surface area (Å²) in [4.78, 5) is 38.2. The Labute approximate surface area is 221 Å². The highest BCUT2D eigenvalue weighted by Gasteiger charge is 2.49. The molecule has 1 fully saturated rings. The number of para-hydroxylation sites is 1. The summed E-state index contributed by atoms with van der Waals surface area (Å²) in [5.41, 5.74) is 1.76. The summed E-state index contributed by atoms with van der Waals surface area (Å²) in [5.74, 6) is -1.37. The molecule has 0 aliphatic carbocycles. The summed E-state index contributed by atoms with van der Waals surface area (Å²) in [7, 11) is 5.58. The van der Waals surface area contributed by atoms with E-state index in [0.717, 1.165) is 34.8 Å². The number of hydrogen-bond acceptors (Lipinski definition) is 6. The summed E-state index contributed by atoms with van der Waals surface area (Å²) in [6.45, 7) is 6.12. The average molecular weight is 534 g/mol. The Hall–Kier alpha value is -3.18. The molecule has 206 valence electrons. The van der Waals surface area contributed by atoms with Crippen molar-refractivity contribution in [2.24, 2.45) is 5.92 Å². The van der Waals surface area contributed by atoms with Gasteiger partial charge in [0, 0.05) is 44.7 Å². The summed E-state index contributed by atoms with van der Waals surface area (Å²) < 4.78 is 46.5. The van der Waals surface area contributed by atoms with Gasteiger partial charge in [-0.05, 0) is 51.7 Å². The van der Waals surface area contributed by atoms with Crippen molar-refractivity contribution in [1.29, 1.82) is 0 Å². The Morgan fingerprint density at radius 3 is 2.55 bits per heavy atom. The Bertz CT molecular complexity index is 1200. The number of hydrogen-bond donors (Lipinski definition) is 0. The molecule has 2 atom stereocenters. The second-order valence-corrected chi connectivity index (χ2v) is 10.2. The number of aromatic nitrogens is 1. The molecule has 11 heteroatoms. The molecular formula is C27H34F3N5O3. The highest BCUT2D eigenvalue weighted by atomic mass is 19.4. The lowest BCUT2D eigenvalue weighted by atomic mass is 9.95. The smallest absolute Gasteiger partial charge is 0.378 e. The Kier molecular flexibility index (Phi) is 7.98. The maximum atomic E-state index is 13.9. The molecular weight excluding hydrogens is 499 g/mol. The molecule has 0 unspecified atom stereocenters. The molecule has 0 saturated carbocycles. The van der Waals surface area contributed by atoms with Gasteiger partial charge < -0.3 is 19.4 Å². The first-order chi connectivity index (χ1) is 17.9. The Morgan fingerprint density at radius 1 is 1.13 bits per heavy atom. The van der Waals surface area contributed by atoms with E-state index in [1.165, 1.54) is 11.8 Å². The number of amides is 2. The van der Waals surface area contributed by atoms with Crippen LogP contribution in [0.3, 0.4) is 0 Å². The predicted octanol–water partition coefficient (Wildman–Crippen LogP) is 3.50. The van der Waals surface area contributed by atoms with Gasteiger partial charge in [0.2, 0.25) is 11.8 Å². The van der Waals surface area contributed by atoms with Crippen molar-refractivity contribution in [1.82, 2.24) is 9.88 Å². The van der Waals surface area contributed by atoms with E-state index in [-0.39, 0.29) is 23.8 Å². The van der Waals surface area contributed by atoms with Crippen LogP contribution in [0.5, 0.6) is 0 Å². The minimum Gasteiger partial charge on any atom is -0.378 e. The van der Waals surface area contributed by atoms with Crippen molar-refractivity contribution in [2.75, 3.05) is 68.7 Å². The molecule has 2 aromatic rings. The van der Waals surface area contributed by atoms with Crippen LogP contribution >= 0.6 is 0 Å². The fourth-order valence-corrected chi connectivity index (χ4v) is 5.23. The molecule has 38 heavy (non-hydrogen) atoms. The van der Waals surface area contributed by atoms with Crippen LogP contribution in [-0.2, 0) is 20.5 Å². The van der Waals surface area contributed by atoms with E-state index in [1.807, 2.05) is 44.1 Å². The van der Waals surface area contributed by atoms with E-state index < -0.39 is 29.6 Å². The predicted molar refractivity (Wildman–Crippen MR) is 140 cm³/mol. The van der Waals surface area contributed by atoms with Gasteiger partial charge in [-0.15, -0.1) is 0 Å². The number of anilines is 3. The number of carbonyl (C=O) groups is 2. The van der Waals surface area contributed by atoms with E-state index in [2.05, 4.69) is 9.88 Å². The van der Waals surface area contributed by atoms with E-state index in [1.54, 1.807) is 7.05 Å². The van der Waals surface area contributed by atoms with Crippen LogP contribution in [0.1, 0.15) is 23.2 Å². The first kappa shape index (κ1) is 27.8. The molecule has 1 aromatic carbocycles. The van der Waals surface area contributed by atoms with Gasteiger partial charge >= 0.3 is 6.18 Å². The SMILES string of the molecule is Cc1cc(C(F)(F)F)cc(N2C(=O)C[C@@H]3CN(CCOCCN(C)C)c4c(C)cccc4N(C)C(=O)[C@H]32)n1. The van der Waals surface area contributed by atoms with Crippen LogP contribution in [0.25, 0.3) is 0 Å². The van der Waals surface area contributed by atoms with E-state index in [9.17, 15) is 22.8 Å². The molecule has 8 nitrogen and oxygen atoms in total. The van der Waals surface area contributed by atoms with Crippen LogP contribution in [-0.4, -0.2) is 81.7 Å². The van der Waals surface area contributed by atoms with Crippen molar-refractivity contribution in [3.05, 3.63) is 47.2 Å². The fraction of sp³-hybridized carbons (Fsp3) is 0.519. The maximum Gasteiger partial charge on any atom is 0.416 e. The number of benzene rings is 1. The fourth-order valence-electron chi connectivity index (χ4n) is 5.23. The van der Waals surface area contributed by atoms with Crippen LogP contribution in [0.15, 0.2) is 30.3 Å². The van der Waals surface area contributed by atoms with E-state index >= 15 is 0 Å². The maximum absolute atomic E-state index is 13.9. The van der Waals surface area contributed by atoms with Gasteiger partial charge in [-0.1, -0.05) is 12.1 Å². The van der Waals surface area contributed by atoms with E-state index in [4.69, 9.17) is 4.74 Å². The Balaban J connectivity index is 1.71. The molecule has 0 spiro atoms. The molecule has 2 amide bonds. The summed E-state index contributed by atoms with van der Waals surface area (Å²) in [5, 5.41) is 0. The number of nitrogens with zero attached hydrogens (tertiary/aromatic N) is 5. The van der Waals surface area contributed by atoms with Gasteiger partial charge in [-0.2, -0.15) is 13.2 Å². The van der Waals surface area contributed by atoms with Gasteiger partial charge in [-0.25, -0.2) is 4.98 Å². The highest BCUT2D eigenvalue weighted by molar-refractivity contribution is 6.10. The van der Waals surface area contributed by atoms with Crippen molar-refractivity contribution in [3.8, 4) is 0 Å². The second kappa shape index (κ2) is 10.9. The van der Waals surface area contributed by atoms with Gasteiger partial charge in [0.25, 0.3) is 0 Å². The molecule has 0 radical (unpaired) electrons. The molecule has 0 N–H and O–H groups in total. The third-order valence-corrected chi connectivity index (χ3v) is 7.07. The number of ether oxygens (including phenoxy) is 1. The largest absolute Gasteiger partial charge is 0.416 e. The lowest BCUT2D eigenvalue weighted by Crippen LogP contribution is -2.52. The zero-order valence-electron chi connectivity index (χ0n) is 22.4. The molecule has 3 heterocycles. The molecule has 0 bridgehead atoms. The molecule has 2 aliphatic heterocycles. The van der Waals surface area contributed by atoms with Gasteiger partial charge in [0.05, 0.1) is 30.2 Å². The second-order valence-electron chi connectivity index (χ2n) is 10.2. The molecule has 4 rings (SSSR count). The summed E-state index contributed by atoms with van der Waals surface area (Å²) in [6, 6.07) is 6.48. The summed E-state index contributed by atoms with van der Waals surface area (Å²) >= 11 is 0. The minimum absolute atomic E-state index is 0.0282. The monoisotopic (exact) mass is 533 g/mol. The normalized spacial score (nSPS) is 20.1.